The van der Waals surface area contributed by atoms with Crippen LogP contribution in [0.5, 0.6) is 17.6 Å². The number of aromatic nitrogens is 3. The fourth-order valence-corrected chi connectivity index (χ4v) is 2.87. The van der Waals surface area contributed by atoms with E-state index in [0.29, 0.717) is 36.3 Å². The van der Waals surface area contributed by atoms with Gasteiger partial charge < -0.3 is 19.1 Å². The Kier molecular flexibility index (Phi) is 6.05. The molecule has 3 rings (SSSR count). The number of piperidine rings is 1. The highest BCUT2D eigenvalue weighted by Crippen LogP contribution is 2.19. The smallest absolute Gasteiger partial charge is 0.255 e. The number of methoxy groups -OCH3 is 1. The average Bonchev–Trinajstić information content (AvgIpc) is 2.68. The van der Waals surface area contributed by atoms with E-state index in [1.807, 2.05) is 13.8 Å². The molecule has 3 heterocycles. The number of likely N-dealkylation sites (tertiary alicyclic amines) is 1. The molecule has 0 radical (unpaired) electrons. The minimum absolute atomic E-state index is 0.0418. The molecule has 1 atom stereocenters. The normalized spacial score (nSPS) is 16.9. The van der Waals surface area contributed by atoms with Crippen molar-refractivity contribution in [2.45, 2.75) is 38.9 Å². The van der Waals surface area contributed by atoms with E-state index in [0.717, 1.165) is 12.8 Å². The molecule has 0 spiro atoms. The van der Waals surface area contributed by atoms with Gasteiger partial charge in [0.15, 0.2) is 0 Å². The van der Waals surface area contributed by atoms with Crippen LogP contribution in [0.25, 0.3) is 0 Å². The summed E-state index contributed by atoms with van der Waals surface area (Å²) in [6.07, 6.45) is 3.19. The fraction of sp³-hybridized carbons (Fsp3) is 0.474. The van der Waals surface area contributed by atoms with Gasteiger partial charge in [-0.2, -0.15) is 0 Å². The summed E-state index contributed by atoms with van der Waals surface area (Å²) in [5, 5.41) is 7.88. The van der Waals surface area contributed by atoms with Gasteiger partial charge in [0.2, 0.25) is 17.6 Å². The van der Waals surface area contributed by atoms with Crippen LogP contribution < -0.4 is 14.2 Å². The predicted octanol–water partition coefficient (Wildman–Crippen LogP) is 2.35. The van der Waals surface area contributed by atoms with Crippen molar-refractivity contribution in [1.29, 1.82) is 0 Å². The van der Waals surface area contributed by atoms with E-state index < -0.39 is 0 Å². The van der Waals surface area contributed by atoms with Crippen LogP contribution in [0.1, 0.15) is 37.0 Å². The van der Waals surface area contributed by atoms with Crippen molar-refractivity contribution < 1.29 is 19.0 Å². The highest BCUT2D eigenvalue weighted by molar-refractivity contribution is 5.94. The van der Waals surface area contributed by atoms with Crippen molar-refractivity contribution in [2.24, 2.45) is 0 Å². The second kappa shape index (κ2) is 8.66. The Morgan fingerprint density at radius 2 is 1.89 bits per heavy atom. The quantitative estimate of drug-likeness (QED) is 0.769. The number of nitrogens with zero attached hydrogens (tertiary/aromatic N) is 4. The number of ether oxygens (including phenoxy) is 3. The standard InChI is InChI=1S/C19H24N4O4/c1-13(2)26-16-7-6-14(11-20-16)19(24)23-10-4-5-15(12-23)27-18-9-8-17(25-3)21-22-18/h6-9,11,13,15H,4-5,10,12H2,1-3H3. The molecule has 1 fully saturated rings. The van der Waals surface area contributed by atoms with Crippen molar-refractivity contribution in [3.05, 3.63) is 36.0 Å². The first-order valence-electron chi connectivity index (χ1n) is 9.01. The Morgan fingerprint density at radius 1 is 1.15 bits per heavy atom. The Bertz CT molecular complexity index is 749. The number of carbonyl (C=O) groups excluding carboxylic acids is 1. The van der Waals surface area contributed by atoms with E-state index in [9.17, 15) is 4.79 Å². The van der Waals surface area contributed by atoms with Gasteiger partial charge >= 0.3 is 0 Å². The van der Waals surface area contributed by atoms with Crippen LogP contribution >= 0.6 is 0 Å². The third-order valence-corrected chi connectivity index (χ3v) is 4.12. The molecule has 144 valence electrons. The number of pyridine rings is 1. The van der Waals surface area contributed by atoms with E-state index in [-0.39, 0.29) is 18.1 Å². The van der Waals surface area contributed by atoms with Gasteiger partial charge in [0.1, 0.15) is 6.10 Å². The predicted molar refractivity (Wildman–Crippen MR) is 98.1 cm³/mol. The first-order chi connectivity index (χ1) is 13.0. The van der Waals surface area contributed by atoms with Gasteiger partial charge in [-0.1, -0.05) is 0 Å². The zero-order valence-electron chi connectivity index (χ0n) is 15.8. The number of rotatable bonds is 6. The molecule has 8 nitrogen and oxygen atoms in total. The summed E-state index contributed by atoms with van der Waals surface area (Å²) in [6.45, 7) is 5.05. The molecular weight excluding hydrogens is 348 g/mol. The first kappa shape index (κ1) is 18.9. The van der Waals surface area contributed by atoms with Crippen molar-refractivity contribution in [1.82, 2.24) is 20.1 Å². The molecular formula is C19H24N4O4. The summed E-state index contributed by atoms with van der Waals surface area (Å²) in [5.74, 6) is 1.30. The lowest BCUT2D eigenvalue weighted by atomic mass is 10.1. The highest BCUT2D eigenvalue weighted by atomic mass is 16.5. The van der Waals surface area contributed by atoms with E-state index in [4.69, 9.17) is 14.2 Å². The van der Waals surface area contributed by atoms with Gasteiger partial charge in [0.25, 0.3) is 5.91 Å². The SMILES string of the molecule is COc1ccc(OC2CCCN(C(=O)c3ccc(OC(C)C)nc3)C2)nn1. The summed E-state index contributed by atoms with van der Waals surface area (Å²) < 4.78 is 16.4. The number of amides is 1. The molecule has 0 aliphatic carbocycles. The lowest BCUT2D eigenvalue weighted by molar-refractivity contribution is 0.0524. The van der Waals surface area contributed by atoms with Crippen LogP contribution in [0.3, 0.4) is 0 Å². The molecule has 1 saturated heterocycles. The van der Waals surface area contributed by atoms with Gasteiger partial charge in [-0.25, -0.2) is 4.98 Å². The van der Waals surface area contributed by atoms with Crippen molar-refractivity contribution in [3.8, 4) is 17.6 Å². The summed E-state index contributed by atoms with van der Waals surface area (Å²) in [6, 6.07) is 6.87. The summed E-state index contributed by atoms with van der Waals surface area (Å²) in [7, 11) is 1.53. The molecule has 0 aromatic carbocycles. The van der Waals surface area contributed by atoms with Crippen LogP contribution in [0.2, 0.25) is 0 Å². The lowest BCUT2D eigenvalue weighted by Crippen LogP contribution is -2.44. The second-order valence-corrected chi connectivity index (χ2v) is 6.60. The lowest BCUT2D eigenvalue weighted by Gasteiger charge is -2.32. The third-order valence-electron chi connectivity index (χ3n) is 4.12. The first-order valence-corrected chi connectivity index (χ1v) is 9.01. The zero-order chi connectivity index (χ0) is 19.2. The number of carbonyl (C=O) groups is 1. The summed E-state index contributed by atoms with van der Waals surface area (Å²) in [5.41, 5.74) is 0.538. The summed E-state index contributed by atoms with van der Waals surface area (Å²) in [4.78, 5) is 18.7. The zero-order valence-corrected chi connectivity index (χ0v) is 15.8. The van der Waals surface area contributed by atoms with Gasteiger partial charge in [-0.15, -0.1) is 10.2 Å². The largest absolute Gasteiger partial charge is 0.480 e. The summed E-state index contributed by atoms with van der Waals surface area (Å²) >= 11 is 0. The maximum atomic E-state index is 12.8. The maximum absolute atomic E-state index is 12.8. The van der Waals surface area contributed by atoms with Crippen LogP contribution in [0.4, 0.5) is 0 Å². The molecule has 0 saturated carbocycles. The topological polar surface area (TPSA) is 86.7 Å². The third kappa shape index (κ3) is 5.06. The molecule has 1 aliphatic rings. The monoisotopic (exact) mass is 372 g/mol. The molecule has 1 aliphatic heterocycles. The maximum Gasteiger partial charge on any atom is 0.255 e. The molecule has 2 aromatic rings. The van der Waals surface area contributed by atoms with Gasteiger partial charge in [0.05, 0.1) is 25.3 Å². The van der Waals surface area contributed by atoms with Crippen LogP contribution in [-0.4, -0.2) is 58.4 Å². The Hall–Kier alpha value is -2.90. The molecule has 0 bridgehead atoms. The van der Waals surface area contributed by atoms with Crippen LogP contribution in [0, 0.1) is 0 Å². The second-order valence-electron chi connectivity index (χ2n) is 6.60. The minimum Gasteiger partial charge on any atom is -0.480 e. The molecule has 1 unspecified atom stereocenters. The molecule has 2 aromatic heterocycles. The highest BCUT2D eigenvalue weighted by Gasteiger charge is 2.26. The Balaban J connectivity index is 1.60. The van der Waals surface area contributed by atoms with E-state index in [1.54, 1.807) is 35.4 Å². The van der Waals surface area contributed by atoms with Crippen molar-refractivity contribution in [2.75, 3.05) is 20.2 Å². The van der Waals surface area contributed by atoms with Crippen molar-refractivity contribution in [3.63, 3.8) is 0 Å². The number of hydrogen-bond donors (Lipinski definition) is 0. The number of hydrogen-bond acceptors (Lipinski definition) is 7. The minimum atomic E-state index is -0.123. The molecule has 0 N–H and O–H groups in total. The van der Waals surface area contributed by atoms with E-state index in [1.165, 1.54) is 7.11 Å². The molecule has 27 heavy (non-hydrogen) atoms. The van der Waals surface area contributed by atoms with Crippen LogP contribution in [-0.2, 0) is 0 Å². The Morgan fingerprint density at radius 3 is 2.52 bits per heavy atom. The van der Waals surface area contributed by atoms with Gasteiger partial charge in [-0.05, 0) is 32.8 Å². The Labute approximate surface area is 158 Å². The van der Waals surface area contributed by atoms with E-state index >= 15 is 0 Å². The van der Waals surface area contributed by atoms with E-state index in [2.05, 4.69) is 15.2 Å². The van der Waals surface area contributed by atoms with Crippen molar-refractivity contribution >= 4 is 5.91 Å². The van der Waals surface area contributed by atoms with Gasteiger partial charge in [0, 0.05) is 30.9 Å². The average molecular weight is 372 g/mol. The van der Waals surface area contributed by atoms with Crippen LogP contribution in [0.15, 0.2) is 30.5 Å². The van der Waals surface area contributed by atoms with Gasteiger partial charge in [-0.3, -0.25) is 4.79 Å². The fourth-order valence-electron chi connectivity index (χ4n) is 2.87. The molecule has 8 heteroatoms. The molecule has 1 amide bonds.